The Bertz CT molecular complexity index is 573. The number of hydrogen-bond donors (Lipinski definition) is 0. The molecule has 0 radical (unpaired) electrons. The zero-order valence-corrected chi connectivity index (χ0v) is 15.5. The first-order valence-electron chi connectivity index (χ1n) is 6.93. The van der Waals surface area contributed by atoms with Crippen LogP contribution in [0.3, 0.4) is 0 Å². The Hall–Kier alpha value is 0.0900. The van der Waals surface area contributed by atoms with Crippen molar-refractivity contribution < 1.29 is 8.42 Å². The molecule has 3 nitrogen and oxygen atoms in total. The standard InChI is InChI=1S/C14H19Br2NO2S/c1-2-5-12-6-3-4-9-17(12)20(18,19)14-10-11(15)7-8-13(14)16/h7-8,10,12H,2-6,9H2,1H3. The van der Waals surface area contributed by atoms with E-state index in [0.717, 1.165) is 36.6 Å². The molecule has 1 aliphatic rings. The van der Waals surface area contributed by atoms with Crippen molar-refractivity contribution >= 4 is 41.9 Å². The zero-order chi connectivity index (χ0) is 14.8. The average molecular weight is 425 g/mol. The van der Waals surface area contributed by atoms with E-state index in [0.29, 0.717) is 15.9 Å². The topological polar surface area (TPSA) is 37.4 Å². The van der Waals surface area contributed by atoms with E-state index in [1.807, 2.05) is 6.07 Å². The molecule has 1 unspecified atom stereocenters. The van der Waals surface area contributed by atoms with Crippen LogP contribution in [0, 0.1) is 0 Å². The summed E-state index contributed by atoms with van der Waals surface area (Å²) >= 11 is 6.72. The van der Waals surface area contributed by atoms with E-state index in [1.54, 1.807) is 16.4 Å². The maximum atomic E-state index is 12.9. The van der Waals surface area contributed by atoms with E-state index in [9.17, 15) is 8.42 Å². The fourth-order valence-electron chi connectivity index (χ4n) is 2.71. The molecule has 0 aliphatic carbocycles. The quantitative estimate of drug-likeness (QED) is 0.710. The van der Waals surface area contributed by atoms with Crippen LogP contribution in [-0.4, -0.2) is 25.3 Å². The molecule has 1 aromatic rings. The van der Waals surface area contributed by atoms with Gasteiger partial charge in [0.15, 0.2) is 0 Å². The Morgan fingerprint density at radius 1 is 1.30 bits per heavy atom. The van der Waals surface area contributed by atoms with Gasteiger partial charge >= 0.3 is 0 Å². The van der Waals surface area contributed by atoms with Gasteiger partial charge in [-0.1, -0.05) is 35.7 Å². The third-order valence-corrected chi connectivity index (χ3v) is 7.11. The van der Waals surface area contributed by atoms with Crippen molar-refractivity contribution in [3.63, 3.8) is 0 Å². The summed E-state index contributed by atoms with van der Waals surface area (Å²) in [5, 5.41) is 0. The van der Waals surface area contributed by atoms with Crippen molar-refractivity contribution in [1.82, 2.24) is 4.31 Å². The van der Waals surface area contributed by atoms with Gasteiger partial charge in [0.05, 0.1) is 4.90 Å². The SMILES string of the molecule is CCCC1CCCCN1S(=O)(=O)c1cc(Br)ccc1Br. The van der Waals surface area contributed by atoms with E-state index < -0.39 is 10.0 Å². The number of piperidine rings is 1. The molecule has 1 aliphatic heterocycles. The number of sulfonamides is 1. The molecule has 0 saturated carbocycles. The second kappa shape index (κ2) is 6.90. The van der Waals surface area contributed by atoms with Crippen LogP contribution in [-0.2, 0) is 10.0 Å². The predicted octanol–water partition coefficient (Wildman–Crippen LogP) is 4.55. The fraction of sp³-hybridized carbons (Fsp3) is 0.571. The highest BCUT2D eigenvalue weighted by Gasteiger charge is 2.34. The van der Waals surface area contributed by atoms with Crippen molar-refractivity contribution in [2.75, 3.05) is 6.54 Å². The van der Waals surface area contributed by atoms with Crippen molar-refractivity contribution in [3.05, 3.63) is 27.1 Å². The van der Waals surface area contributed by atoms with Crippen LogP contribution in [0.5, 0.6) is 0 Å². The van der Waals surface area contributed by atoms with E-state index in [1.165, 1.54) is 0 Å². The lowest BCUT2D eigenvalue weighted by molar-refractivity contribution is 0.239. The summed E-state index contributed by atoms with van der Waals surface area (Å²) in [4.78, 5) is 0.356. The molecule has 1 aromatic carbocycles. The van der Waals surface area contributed by atoms with Crippen LogP contribution in [0.2, 0.25) is 0 Å². The average Bonchev–Trinajstić information content (AvgIpc) is 2.42. The lowest BCUT2D eigenvalue weighted by Gasteiger charge is -2.34. The van der Waals surface area contributed by atoms with E-state index in [-0.39, 0.29) is 6.04 Å². The van der Waals surface area contributed by atoms with Crippen molar-refractivity contribution in [3.8, 4) is 0 Å². The highest BCUT2D eigenvalue weighted by Crippen LogP contribution is 2.32. The highest BCUT2D eigenvalue weighted by atomic mass is 79.9. The number of hydrogen-bond acceptors (Lipinski definition) is 2. The molecule has 0 bridgehead atoms. The minimum atomic E-state index is -3.43. The predicted molar refractivity (Wildman–Crippen MR) is 88.3 cm³/mol. The maximum Gasteiger partial charge on any atom is 0.244 e. The van der Waals surface area contributed by atoms with Crippen LogP contribution in [0.1, 0.15) is 39.0 Å². The largest absolute Gasteiger partial charge is 0.244 e. The van der Waals surface area contributed by atoms with Crippen molar-refractivity contribution in [2.24, 2.45) is 0 Å². The van der Waals surface area contributed by atoms with Crippen LogP contribution in [0.15, 0.2) is 32.0 Å². The second-order valence-corrected chi connectivity index (χ2v) is 8.76. The Labute approximate surface area is 138 Å². The van der Waals surface area contributed by atoms with Gasteiger partial charge in [-0.05, 0) is 53.4 Å². The molecule has 2 rings (SSSR count). The molecule has 6 heteroatoms. The van der Waals surface area contributed by atoms with Crippen LogP contribution in [0.4, 0.5) is 0 Å². The van der Waals surface area contributed by atoms with Gasteiger partial charge in [0, 0.05) is 21.5 Å². The van der Waals surface area contributed by atoms with E-state index in [4.69, 9.17) is 0 Å². The smallest absolute Gasteiger partial charge is 0.207 e. The molecule has 0 N–H and O–H groups in total. The first kappa shape index (κ1) is 16.5. The number of nitrogens with zero attached hydrogens (tertiary/aromatic N) is 1. The molecule has 1 heterocycles. The highest BCUT2D eigenvalue weighted by molar-refractivity contribution is 9.11. The molecule has 0 amide bonds. The lowest BCUT2D eigenvalue weighted by atomic mass is 10.0. The molecule has 1 saturated heterocycles. The summed E-state index contributed by atoms with van der Waals surface area (Å²) in [5.74, 6) is 0. The summed E-state index contributed by atoms with van der Waals surface area (Å²) in [5.41, 5.74) is 0. The monoisotopic (exact) mass is 423 g/mol. The molecule has 0 aromatic heterocycles. The molecule has 0 spiro atoms. The Balaban J connectivity index is 2.39. The van der Waals surface area contributed by atoms with Crippen molar-refractivity contribution in [1.29, 1.82) is 0 Å². The van der Waals surface area contributed by atoms with Gasteiger partial charge in [0.1, 0.15) is 0 Å². The number of halogens is 2. The summed E-state index contributed by atoms with van der Waals surface area (Å²) < 4.78 is 28.9. The molecule has 1 atom stereocenters. The Morgan fingerprint density at radius 3 is 2.75 bits per heavy atom. The Kier molecular flexibility index (Phi) is 5.68. The van der Waals surface area contributed by atoms with Crippen LogP contribution < -0.4 is 0 Å². The fourth-order valence-corrected chi connectivity index (χ4v) is 5.90. The van der Waals surface area contributed by atoms with Crippen LogP contribution in [0.25, 0.3) is 0 Å². The summed E-state index contributed by atoms with van der Waals surface area (Å²) in [6.07, 6.45) is 4.99. The van der Waals surface area contributed by atoms with Crippen LogP contribution >= 0.6 is 31.9 Å². The minimum absolute atomic E-state index is 0.143. The first-order chi connectivity index (χ1) is 9.46. The molecular weight excluding hydrogens is 406 g/mol. The summed E-state index contributed by atoms with van der Waals surface area (Å²) in [6, 6.07) is 5.43. The third-order valence-electron chi connectivity index (χ3n) is 3.67. The van der Waals surface area contributed by atoms with E-state index >= 15 is 0 Å². The van der Waals surface area contributed by atoms with Gasteiger partial charge in [-0.3, -0.25) is 0 Å². The number of benzene rings is 1. The molecule has 20 heavy (non-hydrogen) atoms. The molecular formula is C14H19Br2NO2S. The van der Waals surface area contributed by atoms with E-state index in [2.05, 4.69) is 38.8 Å². The molecule has 1 fully saturated rings. The van der Waals surface area contributed by atoms with Gasteiger partial charge in [-0.2, -0.15) is 4.31 Å². The summed E-state index contributed by atoms with van der Waals surface area (Å²) in [7, 11) is -3.43. The van der Waals surface area contributed by atoms with Gasteiger partial charge in [0.2, 0.25) is 10.0 Å². The van der Waals surface area contributed by atoms with Gasteiger partial charge < -0.3 is 0 Å². The summed E-state index contributed by atoms with van der Waals surface area (Å²) in [6.45, 7) is 2.74. The number of rotatable bonds is 4. The third kappa shape index (κ3) is 3.46. The Morgan fingerprint density at radius 2 is 2.05 bits per heavy atom. The first-order valence-corrected chi connectivity index (χ1v) is 9.96. The minimum Gasteiger partial charge on any atom is -0.207 e. The van der Waals surface area contributed by atoms with Crippen molar-refractivity contribution in [2.45, 2.75) is 50.0 Å². The van der Waals surface area contributed by atoms with Gasteiger partial charge in [-0.15, -0.1) is 0 Å². The maximum absolute atomic E-state index is 12.9. The van der Waals surface area contributed by atoms with Gasteiger partial charge in [-0.25, -0.2) is 8.42 Å². The lowest BCUT2D eigenvalue weighted by Crippen LogP contribution is -2.43. The molecule has 112 valence electrons. The zero-order valence-electron chi connectivity index (χ0n) is 11.5. The normalized spacial score (nSPS) is 21.1. The van der Waals surface area contributed by atoms with Gasteiger partial charge in [0.25, 0.3) is 0 Å². The second-order valence-electron chi connectivity index (χ2n) is 5.13.